The monoisotopic (exact) mass is 520 g/mol. The van der Waals surface area contributed by atoms with Gasteiger partial charge in [0.2, 0.25) is 5.75 Å². The fourth-order valence-corrected chi connectivity index (χ4v) is 5.97. The number of piperazine rings is 1. The summed E-state index contributed by atoms with van der Waals surface area (Å²) in [5.74, 6) is 2.46. The molecule has 3 heterocycles. The van der Waals surface area contributed by atoms with Crippen molar-refractivity contribution in [1.82, 2.24) is 14.8 Å². The fraction of sp³-hybridized carbons (Fsp3) is 0.357. The van der Waals surface area contributed by atoms with Crippen molar-refractivity contribution in [3.05, 3.63) is 60.3 Å². The first-order chi connectivity index (χ1) is 18.1. The average molecular weight is 521 g/mol. The number of amides is 1. The minimum atomic E-state index is -0.0241. The Morgan fingerprint density at radius 3 is 2.30 bits per heavy atom. The molecule has 2 aliphatic rings. The molecule has 1 saturated heterocycles. The highest BCUT2D eigenvalue weighted by atomic mass is 32.2. The second-order valence-corrected chi connectivity index (χ2v) is 10.0. The number of carbonyl (C=O) groups is 1. The molecule has 1 aromatic heterocycles. The Labute approximate surface area is 222 Å². The number of fused-ring (bicyclic) bond motifs is 2. The predicted molar refractivity (Wildman–Crippen MR) is 145 cm³/mol. The maximum absolute atomic E-state index is 13.2. The standard InChI is InChI=1S/C28H32N4O4S/c1-34-22-18-20(19-23(35-2)26(22)36-3)28(33)31-16-14-30(15-17-31)12-7-13-32-21-8-4-5-9-24(21)37-25-10-6-11-29-27(25)32/h4-6,8-11,18-19H,7,12-17H2,1-3H3. The molecule has 194 valence electrons. The van der Waals surface area contributed by atoms with E-state index in [1.54, 1.807) is 45.2 Å². The number of carbonyl (C=O) groups excluding carboxylic acids is 1. The zero-order valence-electron chi connectivity index (χ0n) is 21.5. The van der Waals surface area contributed by atoms with Gasteiger partial charge in [0, 0.05) is 49.4 Å². The van der Waals surface area contributed by atoms with Crippen LogP contribution in [-0.2, 0) is 0 Å². The number of ether oxygens (including phenoxy) is 3. The van der Waals surface area contributed by atoms with Crippen LogP contribution in [0.15, 0.2) is 64.5 Å². The molecule has 8 nitrogen and oxygen atoms in total. The molecule has 0 atom stereocenters. The van der Waals surface area contributed by atoms with Gasteiger partial charge in [0.1, 0.15) is 5.82 Å². The van der Waals surface area contributed by atoms with E-state index in [9.17, 15) is 4.79 Å². The SMILES string of the molecule is COc1cc(C(=O)N2CCN(CCCN3c4ccccc4Sc4cccnc43)CC2)cc(OC)c1OC. The van der Waals surface area contributed by atoms with Gasteiger partial charge in [-0.25, -0.2) is 4.98 Å². The van der Waals surface area contributed by atoms with Crippen molar-refractivity contribution in [3.63, 3.8) is 0 Å². The maximum Gasteiger partial charge on any atom is 0.254 e. The van der Waals surface area contributed by atoms with Gasteiger partial charge in [-0.3, -0.25) is 9.69 Å². The molecule has 0 radical (unpaired) electrons. The van der Waals surface area contributed by atoms with Gasteiger partial charge < -0.3 is 24.0 Å². The number of aromatic nitrogens is 1. The van der Waals surface area contributed by atoms with E-state index in [1.165, 1.54) is 15.5 Å². The molecule has 0 unspecified atom stereocenters. The normalized spacial score (nSPS) is 15.1. The minimum Gasteiger partial charge on any atom is -0.493 e. The largest absolute Gasteiger partial charge is 0.493 e. The summed E-state index contributed by atoms with van der Waals surface area (Å²) in [5.41, 5.74) is 1.76. The molecule has 1 amide bonds. The summed E-state index contributed by atoms with van der Waals surface area (Å²) in [6.45, 7) is 4.92. The van der Waals surface area contributed by atoms with Gasteiger partial charge in [0.15, 0.2) is 11.5 Å². The fourth-order valence-electron chi connectivity index (χ4n) is 4.90. The molecule has 0 saturated carbocycles. The third-order valence-corrected chi connectivity index (χ3v) is 7.91. The van der Waals surface area contributed by atoms with Crippen LogP contribution in [0, 0.1) is 0 Å². The molecule has 3 aromatic rings. The molecule has 5 rings (SSSR count). The number of hydrogen-bond acceptors (Lipinski definition) is 8. The molecule has 0 aliphatic carbocycles. The second-order valence-electron chi connectivity index (χ2n) is 8.95. The molecule has 9 heteroatoms. The first-order valence-electron chi connectivity index (χ1n) is 12.4. The lowest BCUT2D eigenvalue weighted by molar-refractivity contribution is 0.0636. The third kappa shape index (κ3) is 5.19. The number of anilines is 2. The van der Waals surface area contributed by atoms with Crippen molar-refractivity contribution in [2.75, 3.05) is 65.5 Å². The Kier molecular flexibility index (Phi) is 7.71. The first kappa shape index (κ1) is 25.2. The summed E-state index contributed by atoms with van der Waals surface area (Å²) in [5, 5.41) is 0. The molecule has 37 heavy (non-hydrogen) atoms. The molecule has 2 aromatic carbocycles. The molecular formula is C28H32N4O4S. The van der Waals surface area contributed by atoms with Gasteiger partial charge in [0.25, 0.3) is 5.91 Å². The van der Waals surface area contributed by atoms with Gasteiger partial charge in [-0.15, -0.1) is 0 Å². The molecule has 2 aliphatic heterocycles. The van der Waals surface area contributed by atoms with Crippen LogP contribution in [0.1, 0.15) is 16.8 Å². The van der Waals surface area contributed by atoms with E-state index >= 15 is 0 Å². The number of benzene rings is 2. The van der Waals surface area contributed by atoms with Crippen molar-refractivity contribution in [2.24, 2.45) is 0 Å². The highest BCUT2D eigenvalue weighted by Crippen LogP contribution is 2.46. The zero-order valence-corrected chi connectivity index (χ0v) is 22.3. The van der Waals surface area contributed by atoms with Gasteiger partial charge in [-0.1, -0.05) is 23.9 Å². The summed E-state index contributed by atoms with van der Waals surface area (Å²) in [6, 6.07) is 16.1. The molecule has 0 N–H and O–H groups in total. The Balaban J connectivity index is 1.18. The lowest BCUT2D eigenvalue weighted by Gasteiger charge is -2.36. The van der Waals surface area contributed by atoms with Crippen LogP contribution in [-0.4, -0.2) is 81.3 Å². The van der Waals surface area contributed by atoms with Crippen LogP contribution in [0.5, 0.6) is 17.2 Å². The first-order valence-corrected chi connectivity index (χ1v) is 13.3. The summed E-state index contributed by atoms with van der Waals surface area (Å²) >= 11 is 1.78. The minimum absolute atomic E-state index is 0.0241. The highest BCUT2D eigenvalue weighted by molar-refractivity contribution is 7.99. The third-order valence-electron chi connectivity index (χ3n) is 6.81. The van der Waals surface area contributed by atoms with E-state index in [0.717, 1.165) is 38.4 Å². The molecule has 1 fully saturated rings. The van der Waals surface area contributed by atoms with Crippen LogP contribution in [0.2, 0.25) is 0 Å². The van der Waals surface area contributed by atoms with Crippen molar-refractivity contribution >= 4 is 29.2 Å². The van der Waals surface area contributed by atoms with Crippen LogP contribution in [0.4, 0.5) is 11.5 Å². The van der Waals surface area contributed by atoms with E-state index in [1.807, 2.05) is 17.2 Å². The lowest BCUT2D eigenvalue weighted by Crippen LogP contribution is -2.49. The quantitative estimate of drug-likeness (QED) is 0.428. The number of para-hydroxylation sites is 1. The van der Waals surface area contributed by atoms with Gasteiger partial charge in [-0.05, 0) is 49.4 Å². The van der Waals surface area contributed by atoms with Crippen molar-refractivity contribution in [3.8, 4) is 17.2 Å². The zero-order chi connectivity index (χ0) is 25.8. The van der Waals surface area contributed by atoms with E-state index in [0.29, 0.717) is 35.9 Å². The Bertz CT molecular complexity index is 1190. The Morgan fingerprint density at radius 2 is 1.59 bits per heavy atom. The van der Waals surface area contributed by atoms with Crippen molar-refractivity contribution in [2.45, 2.75) is 16.2 Å². The van der Waals surface area contributed by atoms with Crippen LogP contribution < -0.4 is 19.1 Å². The number of hydrogen-bond donors (Lipinski definition) is 0. The van der Waals surface area contributed by atoms with Crippen LogP contribution in [0.25, 0.3) is 0 Å². The van der Waals surface area contributed by atoms with Gasteiger partial charge in [0.05, 0.1) is 31.9 Å². The van der Waals surface area contributed by atoms with E-state index in [4.69, 9.17) is 14.2 Å². The maximum atomic E-state index is 13.2. The predicted octanol–water partition coefficient (Wildman–Crippen LogP) is 4.56. The number of methoxy groups -OCH3 is 3. The molecule has 0 bridgehead atoms. The van der Waals surface area contributed by atoms with E-state index < -0.39 is 0 Å². The Hall–Kier alpha value is -3.43. The Morgan fingerprint density at radius 1 is 0.892 bits per heavy atom. The average Bonchev–Trinajstić information content (AvgIpc) is 2.95. The van der Waals surface area contributed by atoms with Gasteiger partial charge in [-0.2, -0.15) is 0 Å². The molecule has 0 spiro atoms. The van der Waals surface area contributed by atoms with E-state index in [2.05, 4.69) is 45.1 Å². The smallest absolute Gasteiger partial charge is 0.254 e. The lowest BCUT2D eigenvalue weighted by atomic mass is 10.1. The number of rotatable bonds is 8. The van der Waals surface area contributed by atoms with Crippen molar-refractivity contribution in [1.29, 1.82) is 0 Å². The van der Waals surface area contributed by atoms with Gasteiger partial charge >= 0.3 is 0 Å². The summed E-state index contributed by atoms with van der Waals surface area (Å²) < 4.78 is 16.2. The van der Waals surface area contributed by atoms with Crippen LogP contribution in [0.3, 0.4) is 0 Å². The van der Waals surface area contributed by atoms with Crippen LogP contribution >= 0.6 is 11.8 Å². The molecular weight excluding hydrogens is 488 g/mol. The topological polar surface area (TPSA) is 67.4 Å². The number of pyridine rings is 1. The highest BCUT2D eigenvalue weighted by Gasteiger charge is 2.26. The summed E-state index contributed by atoms with van der Waals surface area (Å²) in [4.78, 5) is 27.0. The summed E-state index contributed by atoms with van der Waals surface area (Å²) in [7, 11) is 4.67. The van der Waals surface area contributed by atoms with E-state index in [-0.39, 0.29) is 5.91 Å². The summed E-state index contributed by atoms with van der Waals surface area (Å²) in [6.07, 6.45) is 2.88. The second kappa shape index (κ2) is 11.3. The van der Waals surface area contributed by atoms with Crippen molar-refractivity contribution < 1.29 is 19.0 Å². The number of nitrogens with zero attached hydrogens (tertiary/aromatic N) is 4.